The van der Waals surface area contributed by atoms with Gasteiger partial charge in [0.25, 0.3) is 0 Å². The topological polar surface area (TPSA) is 84.2 Å². The Morgan fingerprint density at radius 1 is 1.10 bits per heavy atom. The Morgan fingerprint density at radius 3 is 2.45 bits per heavy atom. The molecular weight excluding hydrogens is 258 g/mol. The maximum absolute atomic E-state index is 9.86. The molecule has 0 saturated carbocycles. The molecule has 2 rings (SSSR count). The highest BCUT2D eigenvalue weighted by atomic mass is 16.4. The van der Waals surface area contributed by atoms with Gasteiger partial charge >= 0.3 is 0 Å². The predicted octanol–water partition coefficient (Wildman–Crippen LogP) is -0.541. The van der Waals surface area contributed by atoms with Crippen molar-refractivity contribution in [2.75, 3.05) is 19.7 Å². The predicted molar refractivity (Wildman–Crippen MR) is 75.9 cm³/mol. The zero-order chi connectivity index (χ0) is 14.5. The molecule has 0 aliphatic carbocycles. The molecule has 0 spiro atoms. The fourth-order valence-corrected chi connectivity index (χ4v) is 2.48. The molecule has 1 saturated heterocycles. The van der Waals surface area contributed by atoms with Crippen LogP contribution in [0.15, 0.2) is 36.4 Å². The summed E-state index contributed by atoms with van der Waals surface area (Å²) in [7, 11) is 0. The van der Waals surface area contributed by atoms with E-state index in [1.54, 1.807) is 4.90 Å². The lowest BCUT2D eigenvalue weighted by Crippen LogP contribution is -2.62. The zero-order valence-corrected chi connectivity index (χ0v) is 11.2. The van der Waals surface area contributed by atoms with Gasteiger partial charge in [-0.3, -0.25) is 4.90 Å². The zero-order valence-electron chi connectivity index (χ0n) is 11.2. The van der Waals surface area contributed by atoms with Gasteiger partial charge in [-0.1, -0.05) is 42.5 Å². The number of β-amino-alcohol motifs (C(OH)–C–C–N with tert-alkyl or cyclic N) is 1. The molecule has 0 radical (unpaired) electrons. The molecule has 5 heteroatoms. The first-order chi connectivity index (χ1) is 9.63. The lowest BCUT2D eigenvalue weighted by Gasteiger charge is -2.42. The Hall–Kier alpha value is -1.24. The molecule has 0 amide bonds. The minimum atomic E-state index is -1.21. The van der Waals surface area contributed by atoms with Crippen molar-refractivity contribution in [2.24, 2.45) is 0 Å². The van der Waals surface area contributed by atoms with Gasteiger partial charge < -0.3 is 20.4 Å². The van der Waals surface area contributed by atoms with E-state index in [0.29, 0.717) is 6.54 Å². The number of likely N-dealkylation sites (tertiary alicyclic amines) is 1. The van der Waals surface area contributed by atoms with Crippen molar-refractivity contribution in [1.82, 2.24) is 4.90 Å². The van der Waals surface area contributed by atoms with Gasteiger partial charge in [-0.15, -0.1) is 0 Å². The number of hydrogen-bond donors (Lipinski definition) is 4. The van der Waals surface area contributed by atoms with Gasteiger partial charge in [0.2, 0.25) is 0 Å². The fraction of sp³-hybridized carbons (Fsp3) is 0.467. The molecule has 1 aliphatic heterocycles. The van der Waals surface area contributed by atoms with Gasteiger partial charge in [-0.2, -0.15) is 0 Å². The van der Waals surface area contributed by atoms with E-state index in [0.717, 1.165) is 5.56 Å². The van der Waals surface area contributed by atoms with Crippen LogP contribution in [-0.2, 0) is 0 Å². The largest absolute Gasteiger partial charge is 0.395 e. The molecule has 0 aromatic heterocycles. The van der Waals surface area contributed by atoms with Crippen molar-refractivity contribution in [3.63, 3.8) is 0 Å². The van der Waals surface area contributed by atoms with Gasteiger partial charge in [0.1, 0.15) is 12.2 Å². The van der Waals surface area contributed by atoms with E-state index < -0.39 is 24.4 Å². The molecule has 5 nitrogen and oxygen atoms in total. The van der Waals surface area contributed by atoms with E-state index in [-0.39, 0.29) is 13.2 Å². The first-order valence-corrected chi connectivity index (χ1v) is 6.74. The summed E-state index contributed by atoms with van der Waals surface area (Å²) in [6.07, 6.45) is 0.501. The molecule has 20 heavy (non-hydrogen) atoms. The Kier molecular flexibility index (Phi) is 5.28. The Morgan fingerprint density at radius 2 is 1.80 bits per heavy atom. The minimum Gasteiger partial charge on any atom is -0.395 e. The van der Waals surface area contributed by atoms with E-state index in [1.165, 1.54) is 0 Å². The minimum absolute atomic E-state index is 0.225. The number of rotatable bonds is 4. The first-order valence-electron chi connectivity index (χ1n) is 6.74. The van der Waals surface area contributed by atoms with E-state index in [9.17, 15) is 20.4 Å². The van der Waals surface area contributed by atoms with Crippen molar-refractivity contribution in [3.8, 4) is 0 Å². The Bertz CT molecular complexity index is 437. The third kappa shape index (κ3) is 3.45. The monoisotopic (exact) mass is 279 g/mol. The standard InChI is InChI=1S/C15H21NO4/c17-10-12-14(19)15(20)13(18)9-16(12)8-4-7-11-5-2-1-3-6-11/h1-7,12-15,17-20H,8-10H2/t12-,13+,14-,15-/m1/s1. The number of benzene rings is 1. The lowest BCUT2D eigenvalue weighted by atomic mass is 9.94. The number of piperidine rings is 1. The number of hydrogen-bond acceptors (Lipinski definition) is 5. The Labute approximate surface area is 118 Å². The summed E-state index contributed by atoms with van der Waals surface area (Å²) in [4.78, 5) is 1.77. The average molecular weight is 279 g/mol. The van der Waals surface area contributed by atoms with Crippen LogP contribution < -0.4 is 0 Å². The van der Waals surface area contributed by atoms with Crippen LogP contribution in [0.5, 0.6) is 0 Å². The second-order valence-electron chi connectivity index (χ2n) is 5.07. The third-order valence-electron chi connectivity index (χ3n) is 3.67. The van der Waals surface area contributed by atoms with Crippen molar-refractivity contribution >= 4 is 6.08 Å². The van der Waals surface area contributed by atoms with Crippen LogP contribution in [0.1, 0.15) is 5.56 Å². The highest BCUT2D eigenvalue weighted by Gasteiger charge is 2.40. The van der Waals surface area contributed by atoms with Crippen LogP contribution >= 0.6 is 0 Å². The second-order valence-corrected chi connectivity index (χ2v) is 5.07. The molecule has 4 atom stereocenters. The molecule has 1 aliphatic rings. The van der Waals surface area contributed by atoms with Crippen LogP contribution in [0.25, 0.3) is 6.08 Å². The van der Waals surface area contributed by atoms with Crippen LogP contribution in [0.3, 0.4) is 0 Å². The molecule has 1 aromatic rings. The summed E-state index contributed by atoms with van der Waals surface area (Å²) >= 11 is 0. The molecule has 0 unspecified atom stereocenters. The fourth-order valence-electron chi connectivity index (χ4n) is 2.48. The number of nitrogens with zero attached hydrogens (tertiary/aromatic N) is 1. The van der Waals surface area contributed by atoms with Gasteiger partial charge in [0.05, 0.1) is 18.8 Å². The van der Waals surface area contributed by atoms with Gasteiger partial charge in [-0.05, 0) is 5.56 Å². The van der Waals surface area contributed by atoms with Crippen LogP contribution in [-0.4, -0.2) is 69.4 Å². The molecule has 110 valence electrons. The van der Waals surface area contributed by atoms with Crippen LogP contribution in [0, 0.1) is 0 Å². The SMILES string of the molecule is OC[C@@H]1[C@@H](O)[C@H](O)[C@@H](O)CN1CC=Cc1ccccc1. The average Bonchev–Trinajstić information content (AvgIpc) is 2.46. The Balaban J connectivity index is 1.98. The third-order valence-corrected chi connectivity index (χ3v) is 3.67. The summed E-state index contributed by atoms with van der Waals surface area (Å²) in [6.45, 7) is 0.452. The van der Waals surface area contributed by atoms with Gasteiger partial charge in [0.15, 0.2) is 0 Å². The van der Waals surface area contributed by atoms with Gasteiger partial charge in [0, 0.05) is 13.1 Å². The van der Waals surface area contributed by atoms with Crippen molar-refractivity contribution < 1.29 is 20.4 Å². The summed E-state index contributed by atoms with van der Waals surface area (Å²) in [5.74, 6) is 0. The molecule has 4 N–H and O–H groups in total. The molecular formula is C15H21NO4. The molecule has 1 fully saturated rings. The maximum atomic E-state index is 9.86. The van der Waals surface area contributed by atoms with E-state index >= 15 is 0 Å². The summed E-state index contributed by atoms with van der Waals surface area (Å²) in [5.41, 5.74) is 1.06. The van der Waals surface area contributed by atoms with Gasteiger partial charge in [-0.25, -0.2) is 0 Å². The van der Waals surface area contributed by atoms with E-state index in [2.05, 4.69) is 0 Å². The lowest BCUT2D eigenvalue weighted by molar-refractivity contribution is -0.142. The normalized spacial score (nSPS) is 31.8. The molecule has 0 bridgehead atoms. The highest BCUT2D eigenvalue weighted by Crippen LogP contribution is 2.18. The maximum Gasteiger partial charge on any atom is 0.109 e. The number of aliphatic hydroxyl groups excluding tert-OH is 4. The smallest absolute Gasteiger partial charge is 0.109 e. The second kappa shape index (κ2) is 6.97. The first kappa shape index (κ1) is 15.2. The summed E-state index contributed by atoms with van der Waals surface area (Å²) in [6, 6.07) is 9.22. The highest BCUT2D eigenvalue weighted by molar-refractivity contribution is 5.48. The van der Waals surface area contributed by atoms with Crippen molar-refractivity contribution in [2.45, 2.75) is 24.4 Å². The van der Waals surface area contributed by atoms with Crippen molar-refractivity contribution in [1.29, 1.82) is 0 Å². The molecule has 1 heterocycles. The van der Waals surface area contributed by atoms with E-state index in [4.69, 9.17) is 0 Å². The number of aliphatic hydroxyl groups is 4. The van der Waals surface area contributed by atoms with Crippen molar-refractivity contribution in [3.05, 3.63) is 42.0 Å². The van der Waals surface area contributed by atoms with E-state index in [1.807, 2.05) is 42.5 Å². The van der Waals surface area contributed by atoms with Crippen LogP contribution in [0.4, 0.5) is 0 Å². The summed E-state index contributed by atoms with van der Waals surface area (Å²) < 4.78 is 0. The quantitative estimate of drug-likeness (QED) is 0.595. The van der Waals surface area contributed by atoms with Crippen LogP contribution in [0.2, 0.25) is 0 Å². The summed E-state index contributed by atoms with van der Waals surface area (Å²) in [5, 5.41) is 38.5. The molecule has 1 aromatic carbocycles.